The molecule has 16 heavy (non-hydrogen) atoms. The van der Waals surface area contributed by atoms with Crippen molar-refractivity contribution in [2.24, 2.45) is 0 Å². The van der Waals surface area contributed by atoms with Gasteiger partial charge >= 0.3 is 0 Å². The molecule has 0 spiro atoms. The Bertz CT molecular complexity index is 514. The smallest absolute Gasteiger partial charge is 0.173 e. The summed E-state index contributed by atoms with van der Waals surface area (Å²) >= 11 is 0. The zero-order valence-electron chi connectivity index (χ0n) is 9.76. The Morgan fingerprint density at radius 2 is 2.00 bits per heavy atom. The minimum absolute atomic E-state index is 0.567. The summed E-state index contributed by atoms with van der Waals surface area (Å²) in [6, 6.07) is 6.22. The summed E-state index contributed by atoms with van der Waals surface area (Å²) in [5.41, 5.74) is 9.25. The van der Waals surface area contributed by atoms with Crippen LogP contribution in [0.4, 0.5) is 17.3 Å². The third-order valence-corrected chi connectivity index (χ3v) is 2.49. The average molecular weight is 216 g/mol. The molecule has 4 N–H and O–H groups in total. The van der Waals surface area contributed by atoms with Crippen molar-refractivity contribution in [3.8, 4) is 0 Å². The maximum atomic E-state index is 5.79. The number of benzene rings is 1. The third-order valence-electron chi connectivity index (χ3n) is 2.49. The van der Waals surface area contributed by atoms with E-state index in [4.69, 9.17) is 5.73 Å². The molecule has 2 aromatic rings. The highest BCUT2D eigenvalue weighted by molar-refractivity contribution is 5.68. The first-order chi connectivity index (χ1) is 7.56. The van der Waals surface area contributed by atoms with E-state index in [0.717, 1.165) is 11.5 Å². The zero-order chi connectivity index (χ0) is 11.7. The summed E-state index contributed by atoms with van der Waals surface area (Å²) < 4.78 is 0. The Balaban J connectivity index is 2.30. The number of aromatic nitrogens is 2. The van der Waals surface area contributed by atoms with Gasteiger partial charge in [0.15, 0.2) is 5.82 Å². The van der Waals surface area contributed by atoms with Gasteiger partial charge in [0, 0.05) is 5.69 Å². The number of anilines is 3. The SMILES string of the molecule is Cc1ccc(Nc2nc(C)[nH]c2N)c(C)c1. The van der Waals surface area contributed by atoms with Gasteiger partial charge in [0.2, 0.25) is 0 Å². The van der Waals surface area contributed by atoms with E-state index in [-0.39, 0.29) is 0 Å². The van der Waals surface area contributed by atoms with Crippen LogP contribution >= 0.6 is 0 Å². The largest absolute Gasteiger partial charge is 0.382 e. The topological polar surface area (TPSA) is 66.7 Å². The van der Waals surface area contributed by atoms with E-state index in [2.05, 4.69) is 41.3 Å². The van der Waals surface area contributed by atoms with Crippen LogP contribution in [0.5, 0.6) is 0 Å². The number of hydrogen-bond acceptors (Lipinski definition) is 3. The minimum Gasteiger partial charge on any atom is -0.382 e. The highest BCUT2D eigenvalue weighted by Gasteiger charge is 2.06. The Labute approximate surface area is 94.9 Å². The molecule has 4 nitrogen and oxygen atoms in total. The quantitative estimate of drug-likeness (QED) is 0.723. The molecule has 0 fully saturated rings. The highest BCUT2D eigenvalue weighted by atomic mass is 15.1. The second-order valence-corrected chi connectivity index (χ2v) is 4.03. The predicted molar refractivity (Wildman–Crippen MR) is 66.9 cm³/mol. The molecule has 0 aliphatic rings. The van der Waals surface area contributed by atoms with Crippen molar-refractivity contribution in [3.63, 3.8) is 0 Å². The second-order valence-electron chi connectivity index (χ2n) is 4.03. The van der Waals surface area contributed by atoms with E-state index >= 15 is 0 Å². The van der Waals surface area contributed by atoms with E-state index in [9.17, 15) is 0 Å². The number of aryl methyl sites for hydroxylation is 3. The lowest BCUT2D eigenvalue weighted by Crippen LogP contribution is -1.97. The standard InChI is InChI=1S/C12H16N4/c1-7-4-5-10(8(2)6-7)16-12-11(13)14-9(3)15-12/h4-6,16H,13H2,1-3H3,(H,14,15). The summed E-state index contributed by atoms with van der Waals surface area (Å²) in [6.45, 7) is 6.01. The number of imidazole rings is 1. The van der Waals surface area contributed by atoms with Gasteiger partial charge in [-0.15, -0.1) is 0 Å². The van der Waals surface area contributed by atoms with E-state index in [0.29, 0.717) is 11.6 Å². The summed E-state index contributed by atoms with van der Waals surface area (Å²) in [7, 11) is 0. The summed E-state index contributed by atoms with van der Waals surface area (Å²) in [4.78, 5) is 7.24. The van der Waals surface area contributed by atoms with Gasteiger partial charge in [-0.25, -0.2) is 4.98 Å². The van der Waals surface area contributed by atoms with Gasteiger partial charge in [-0.3, -0.25) is 0 Å². The molecule has 0 radical (unpaired) electrons. The van der Waals surface area contributed by atoms with Crippen LogP contribution in [0.25, 0.3) is 0 Å². The van der Waals surface area contributed by atoms with Crippen molar-refractivity contribution in [1.82, 2.24) is 9.97 Å². The van der Waals surface area contributed by atoms with Gasteiger partial charge in [0.1, 0.15) is 11.6 Å². The number of rotatable bonds is 2. The van der Waals surface area contributed by atoms with Gasteiger partial charge in [0.05, 0.1) is 0 Å². The lowest BCUT2D eigenvalue weighted by Gasteiger charge is -2.08. The van der Waals surface area contributed by atoms with Gasteiger partial charge in [0.25, 0.3) is 0 Å². The van der Waals surface area contributed by atoms with Crippen molar-refractivity contribution in [3.05, 3.63) is 35.2 Å². The van der Waals surface area contributed by atoms with E-state index in [1.165, 1.54) is 11.1 Å². The van der Waals surface area contributed by atoms with Crippen LogP contribution in [0.2, 0.25) is 0 Å². The van der Waals surface area contributed by atoms with Crippen LogP contribution in [-0.4, -0.2) is 9.97 Å². The molecule has 2 rings (SSSR count). The van der Waals surface area contributed by atoms with E-state index in [1.807, 2.05) is 13.0 Å². The fourth-order valence-corrected chi connectivity index (χ4v) is 1.69. The summed E-state index contributed by atoms with van der Waals surface area (Å²) in [5, 5.41) is 3.22. The molecule has 0 unspecified atom stereocenters. The van der Waals surface area contributed by atoms with Gasteiger partial charge in [-0.1, -0.05) is 17.7 Å². The third kappa shape index (κ3) is 2.00. The molecule has 0 atom stereocenters. The number of aromatic amines is 1. The highest BCUT2D eigenvalue weighted by Crippen LogP contribution is 2.23. The molecule has 4 heteroatoms. The van der Waals surface area contributed by atoms with Gasteiger partial charge < -0.3 is 16.0 Å². The lowest BCUT2D eigenvalue weighted by molar-refractivity contribution is 1.15. The van der Waals surface area contributed by atoms with Gasteiger partial charge in [-0.05, 0) is 32.4 Å². The molecule has 0 bridgehead atoms. The summed E-state index contributed by atoms with van der Waals surface area (Å²) in [6.07, 6.45) is 0. The molecule has 1 heterocycles. The van der Waals surface area contributed by atoms with Crippen LogP contribution in [0.15, 0.2) is 18.2 Å². The predicted octanol–water partition coefficient (Wildman–Crippen LogP) is 2.66. The number of nitrogens with zero attached hydrogens (tertiary/aromatic N) is 1. The van der Waals surface area contributed by atoms with Crippen molar-refractivity contribution < 1.29 is 0 Å². The molecule has 0 saturated heterocycles. The molecule has 0 amide bonds. The number of H-pyrrole nitrogens is 1. The first kappa shape index (κ1) is 10.5. The Kier molecular flexibility index (Phi) is 2.56. The maximum Gasteiger partial charge on any atom is 0.173 e. The zero-order valence-corrected chi connectivity index (χ0v) is 9.76. The second kappa shape index (κ2) is 3.89. The first-order valence-electron chi connectivity index (χ1n) is 5.22. The molecular formula is C12H16N4. The fourth-order valence-electron chi connectivity index (χ4n) is 1.69. The van der Waals surface area contributed by atoms with Crippen LogP contribution in [0.3, 0.4) is 0 Å². The first-order valence-corrected chi connectivity index (χ1v) is 5.22. The van der Waals surface area contributed by atoms with Crippen LogP contribution < -0.4 is 11.1 Å². The van der Waals surface area contributed by atoms with Crippen molar-refractivity contribution in [1.29, 1.82) is 0 Å². The molecule has 0 aliphatic heterocycles. The fraction of sp³-hybridized carbons (Fsp3) is 0.250. The molecule has 1 aromatic carbocycles. The number of nitrogens with one attached hydrogen (secondary N) is 2. The van der Waals surface area contributed by atoms with Crippen molar-refractivity contribution >= 4 is 17.3 Å². The minimum atomic E-state index is 0.567. The number of nitrogen functional groups attached to an aromatic ring is 1. The molecular weight excluding hydrogens is 200 g/mol. The molecule has 84 valence electrons. The number of nitrogens with two attached hydrogens (primary N) is 1. The maximum absolute atomic E-state index is 5.79. The van der Waals surface area contributed by atoms with E-state index < -0.39 is 0 Å². The van der Waals surface area contributed by atoms with Crippen LogP contribution in [0, 0.1) is 20.8 Å². The van der Waals surface area contributed by atoms with Crippen LogP contribution in [-0.2, 0) is 0 Å². The molecule has 0 aliphatic carbocycles. The number of hydrogen-bond donors (Lipinski definition) is 3. The summed E-state index contributed by atoms with van der Waals surface area (Å²) in [5.74, 6) is 2.06. The Morgan fingerprint density at radius 1 is 1.25 bits per heavy atom. The van der Waals surface area contributed by atoms with Crippen molar-refractivity contribution in [2.45, 2.75) is 20.8 Å². The molecule has 1 aromatic heterocycles. The monoisotopic (exact) mass is 216 g/mol. The lowest BCUT2D eigenvalue weighted by atomic mass is 10.1. The normalized spacial score (nSPS) is 10.4. The Morgan fingerprint density at radius 3 is 2.56 bits per heavy atom. The van der Waals surface area contributed by atoms with Crippen LogP contribution in [0.1, 0.15) is 17.0 Å². The molecule has 0 saturated carbocycles. The average Bonchev–Trinajstić information content (AvgIpc) is 2.50. The van der Waals surface area contributed by atoms with Gasteiger partial charge in [-0.2, -0.15) is 0 Å². The Hall–Kier alpha value is -1.97. The van der Waals surface area contributed by atoms with E-state index in [1.54, 1.807) is 0 Å². The van der Waals surface area contributed by atoms with Crippen molar-refractivity contribution in [2.75, 3.05) is 11.1 Å².